The predicted octanol–water partition coefficient (Wildman–Crippen LogP) is -2.97. The van der Waals surface area contributed by atoms with Gasteiger partial charge < -0.3 is 38.2 Å². The number of rotatable bonds is 3. The van der Waals surface area contributed by atoms with Gasteiger partial charge in [0.05, 0.1) is 6.54 Å². The first-order valence-corrected chi connectivity index (χ1v) is 7.81. The highest BCUT2D eigenvalue weighted by atomic mass is 16.2. The molecular weight excluding hydrogens is 402 g/mol. The van der Waals surface area contributed by atoms with Gasteiger partial charge in [0, 0.05) is 29.1 Å². The van der Waals surface area contributed by atoms with E-state index in [1.165, 1.54) is 6.92 Å². The minimum absolute atomic E-state index is 0. The molecule has 0 radical (unpaired) electrons. The molecule has 0 atom stereocenters. The van der Waals surface area contributed by atoms with E-state index < -0.39 is 29.0 Å². The normalized spacial score (nSPS) is 9.03. The zero-order valence-electron chi connectivity index (χ0n) is 15.7. The molecule has 0 aliphatic rings. The fraction of sp³-hybridized carbons (Fsp3) is 0.333. The molecule has 13 N–H and O–H groups in total. The van der Waals surface area contributed by atoms with E-state index in [1.54, 1.807) is 6.92 Å². The van der Waals surface area contributed by atoms with Gasteiger partial charge in [0.1, 0.15) is 0 Å². The zero-order chi connectivity index (χ0) is 22.7. The maximum atomic E-state index is 11.1. The maximum absolute atomic E-state index is 11.1. The van der Waals surface area contributed by atoms with Gasteiger partial charge in [-0.05, 0) is 13.8 Å². The summed E-state index contributed by atoms with van der Waals surface area (Å²) in [4.78, 5) is 71.8. The second kappa shape index (κ2) is 13.1. The van der Waals surface area contributed by atoms with Crippen molar-refractivity contribution < 1.29 is 9.59 Å². The number of hydrogen-bond acceptors (Lipinski definition) is 7. The molecule has 15 heteroatoms. The number of H-pyrrole nitrogens is 4. The third-order valence-corrected chi connectivity index (χ3v) is 3.21. The van der Waals surface area contributed by atoms with E-state index in [4.69, 9.17) is 16.3 Å². The first kappa shape index (κ1) is 28.1. The van der Waals surface area contributed by atoms with Crippen LogP contribution in [0.2, 0.25) is 0 Å². The number of carbonyl (C=O) groups excluding carboxylic acids is 2. The van der Waals surface area contributed by atoms with E-state index in [9.17, 15) is 24.0 Å². The van der Waals surface area contributed by atoms with Gasteiger partial charge in [-0.3, -0.25) is 19.6 Å². The number of primary amides is 3. The first-order chi connectivity index (χ1) is 13.4. The second-order valence-corrected chi connectivity index (χ2v) is 5.35. The molecule has 0 saturated heterocycles. The van der Waals surface area contributed by atoms with Crippen LogP contribution < -0.4 is 50.7 Å². The number of hydrogen-bond donors (Lipinski definition) is 9. The lowest BCUT2D eigenvalue weighted by atomic mass is 10.2. The van der Waals surface area contributed by atoms with E-state index in [2.05, 4.69) is 36.7 Å². The smallest absolute Gasteiger partial charge is 0.325 e. The molecule has 0 spiro atoms. The second-order valence-electron chi connectivity index (χ2n) is 5.35. The number of amides is 4. The molecular formula is C15H27N9O6. The summed E-state index contributed by atoms with van der Waals surface area (Å²) < 4.78 is 0. The number of aromatic nitrogens is 4. The Hall–Kier alpha value is -4.14. The zero-order valence-corrected chi connectivity index (χ0v) is 15.7. The molecule has 0 saturated carbocycles. The lowest BCUT2D eigenvalue weighted by Crippen LogP contribution is -2.33. The van der Waals surface area contributed by atoms with Crippen LogP contribution in [-0.4, -0.2) is 32.0 Å². The summed E-state index contributed by atoms with van der Waals surface area (Å²) in [5.41, 5.74) is 18.3. The summed E-state index contributed by atoms with van der Waals surface area (Å²) in [6.07, 6.45) is 0. The molecule has 2 aromatic heterocycles. The largest absolute Gasteiger partial charge is 0.352 e. The Morgan fingerprint density at radius 3 is 1.53 bits per heavy atom. The van der Waals surface area contributed by atoms with Crippen molar-refractivity contribution in [2.45, 2.75) is 34.4 Å². The first-order valence-electron chi connectivity index (χ1n) is 7.81. The average molecular weight is 429 g/mol. The Morgan fingerprint density at radius 1 is 0.800 bits per heavy atom. The van der Waals surface area contributed by atoms with Crippen LogP contribution >= 0.6 is 0 Å². The molecule has 2 rings (SSSR count). The standard InChI is InChI=1S/C7H10N4O3.C6H9N3O2.CH4N2O.CH4/c1-3-4(2-9-6(8)13)10-7(14)11-5(3)12;1-3-4(2-7)8-6(11)9-5(3)10;2-1(3)4;/h2H2,1H3,(H3,8,9,13)(H2,10,11,12,14);2,7H2,1H3,(H2,8,9,10,11);(H4,2,3,4);1H4. The molecule has 0 aliphatic carbocycles. The van der Waals surface area contributed by atoms with Crippen LogP contribution in [0.15, 0.2) is 19.2 Å². The van der Waals surface area contributed by atoms with Gasteiger partial charge in [-0.15, -0.1) is 0 Å². The molecule has 0 bridgehead atoms. The Morgan fingerprint density at radius 2 is 1.17 bits per heavy atom. The summed E-state index contributed by atoms with van der Waals surface area (Å²) in [5.74, 6) is 0. The van der Waals surface area contributed by atoms with Gasteiger partial charge in [-0.25, -0.2) is 19.2 Å². The van der Waals surface area contributed by atoms with Crippen LogP contribution in [0, 0.1) is 13.8 Å². The van der Waals surface area contributed by atoms with Crippen LogP contribution in [0.25, 0.3) is 0 Å². The minimum atomic E-state index is -0.833. The molecule has 4 amide bonds. The number of nitrogens with two attached hydrogens (primary N) is 4. The Labute approximate surface area is 169 Å². The molecule has 0 aromatic carbocycles. The highest BCUT2D eigenvalue weighted by Crippen LogP contribution is 1.93. The summed E-state index contributed by atoms with van der Waals surface area (Å²) >= 11 is 0. The summed E-state index contributed by atoms with van der Waals surface area (Å²) in [7, 11) is 0. The predicted molar refractivity (Wildman–Crippen MR) is 110 cm³/mol. The Bertz CT molecular complexity index is 1080. The Kier molecular flexibility index (Phi) is 12.3. The third kappa shape index (κ3) is 10.3. The number of carbonyl (C=O) groups is 2. The minimum Gasteiger partial charge on any atom is -0.352 e. The molecule has 30 heavy (non-hydrogen) atoms. The van der Waals surface area contributed by atoms with Gasteiger partial charge in [0.15, 0.2) is 0 Å². The van der Waals surface area contributed by atoms with E-state index in [-0.39, 0.29) is 26.1 Å². The van der Waals surface area contributed by atoms with E-state index >= 15 is 0 Å². The molecule has 2 aromatic rings. The number of aromatic amines is 4. The molecule has 0 aliphatic heterocycles. The lowest BCUT2D eigenvalue weighted by molar-refractivity contribution is 0.248. The SMILES string of the molecule is C.Cc1c(CN)[nH]c(=O)[nH]c1=O.Cc1c(CNC(N)=O)[nH]c(=O)[nH]c1=O.NC(N)=O. The third-order valence-electron chi connectivity index (χ3n) is 3.21. The van der Waals surface area contributed by atoms with Crippen LogP contribution in [0.5, 0.6) is 0 Å². The average Bonchev–Trinajstić information content (AvgIpc) is 2.60. The molecule has 2 heterocycles. The molecule has 0 fully saturated rings. The summed E-state index contributed by atoms with van der Waals surface area (Å²) in [6, 6.07) is -1.55. The highest BCUT2D eigenvalue weighted by molar-refractivity contribution is 5.71. The van der Waals surface area contributed by atoms with Gasteiger partial charge in [-0.1, -0.05) is 7.43 Å². The van der Waals surface area contributed by atoms with Crippen LogP contribution in [0.1, 0.15) is 29.9 Å². The monoisotopic (exact) mass is 429 g/mol. The highest BCUT2D eigenvalue weighted by Gasteiger charge is 2.04. The summed E-state index contributed by atoms with van der Waals surface area (Å²) in [6.45, 7) is 3.34. The van der Waals surface area contributed by atoms with Crippen molar-refractivity contribution in [1.82, 2.24) is 25.3 Å². The van der Waals surface area contributed by atoms with Crippen molar-refractivity contribution >= 4 is 12.1 Å². The fourth-order valence-corrected chi connectivity index (χ4v) is 1.75. The topological polar surface area (TPSA) is 282 Å². The molecule has 168 valence electrons. The Balaban J connectivity index is 0. The van der Waals surface area contributed by atoms with Crippen molar-refractivity contribution in [1.29, 1.82) is 0 Å². The lowest BCUT2D eigenvalue weighted by Gasteiger charge is -2.03. The van der Waals surface area contributed by atoms with Gasteiger partial charge in [-0.2, -0.15) is 0 Å². The van der Waals surface area contributed by atoms with Gasteiger partial charge in [0.2, 0.25) is 0 Å². The number of urea groups is 2. The van der Waals surface area contributed by atoms with Crippen LogP contribution in [0.3, 0.4) is 0 Å². The van der Waals surface area contributed by atoms with Crippen molar-refractivity contribution in [3.63, 3.8) is 0 Å². The van der Waals surface area contributed by atoms with Crippen molar-refractivity contribution in [3.05, 3.63) is 64.2 Å². The van der Waals surface area contributed by atoms with Crippen LogP contribution in [-0.2, 0) is 13.1 Å². The van der Waals surface area contributed by atoms with Crippen LogP contribution in [0.4, 0.5) is 9.59 Å². The maximum Gasteiger partial charge on any atom is 0.325 e. The van der Waals surface area contributed by atoms with E-state index in [1.807, 2.05) is 0 Å². The summed E-state index contributed by atoms with van der Waals surface area (Å²) in [5, 5.41) is 2.27. The fourth-order valence-electron chi connectivity index (χ4n) is 1.75. The quantitative estimate of drug-likeness (QED) is 0.244. The molecule has 15 nitrogen and oxygen atoms in total. The number of nitrogens with one attached hydrogen (secondary N) is 5. The van der Waals surface area contributed by atoms with Crippen molar-refractivity contribution in [2.24, 2.45) is 22.9 Å². The van der Waals surface area contributed by atoms with E-state index in [0.29, 0.717) is 22.5 Å². The van der Waals surface area contributed by atoms with Crippen molar-refractivity contribution in [2.75, 3.05) is 0 Å². The van der Waals surface area contributed by atoms with Crippen molar-refractivity contribution in [3.8, 4) is 0 Å². The molecule has 0 unspecified atom stereocenters. The van der Waals surface area contributed by atoms with Gasteiger partial charge in [0.25, 0.3) is 11.1 Å². The van der Waals surface area contributed by atoms with E-state index in [0.717, 1.165) is 0 Å². The van der Waals surface area contributed by atoms with Gasteiger partial charge >= 0.3 is 23.4 Å².